The molecule has 0 rings (SSSR count). The Morgan fingerprint density at radius 3 is 1.55 bits per heavy atom. The highest BCUT2D eigenvalue weighted by molar-refractivity contribution is 6.11. The number of rotatable bonds is 6. The van der Waals surface area contributed by atoms with Crippen molar-refractivity contribution >= 4 is 17.9 Å². The van der Waals surface area contributed by atoms with Crippen LogP contribution in [-0.4, -0.2) is 77.2 Å². The second kappa shape index (κ2) is 8.71. The average molecular weight is 314 g/mol. The van der Waals surface area contributed by atoms with Gasteiger partial charge in [0.1, 0.15) is 11.3 Å². The maximum atomic E-state index is 12.1. The average Bonchev–Trinajstić information content (AvgIpc) is 2.47. The van der Waals surface area contributed by atoms with Gasteiger partial charge in [-0.05, 0) is 0 Å². The number of nitrogens with zero attached hydrogens (tertiary/aromatic N) is 2. The summed E-state index contributed by atoms with van der Waals surface area (Å²) >= 11 is 0. The zero-order chi connectivity index (χ0) is 17.4. The van der Waals surface area contributed by atoms with Gasteiger partial charge in [-0.2, -0.15) is 0 Å². The lowest BCUT2D eigenvalue weighted by molar-refractivity contribution is -0.141. The van der Waals surface area contributed by atoms with Gasteiger partial charge in [-0.1, -0.05) is 0 Å². The molecule has 8 heteroatoms. The first kappa shape index (κ1) is 19.5. The van der Waals surface area contributed by atoms with Gasteiger partial charge in [0.05, 0.1) is 26.9 Å². The zero-order valence-corrected chi connectivity index (χ0v) is 13.9. The van der Waals surface area contributed by atoms with Crippen molar-refractivity contribution in [1.82, 2.24) is 9.80 Å². The molecule has 22 heavy (non-hydrogen) atoms. The van der Waals surface area contributed by atoms with Crippen LogP contribution in [0.5, 0.6) is 0 Å². The van der Waals surface area contributed by atoms with E-state index in [-0.39, 0.29) is 16.8 Å². The van der Waals surface area contributed by atoms with E-state index in [0.717, 1.165) is 7.11 Å². The molecule has 0 unspecified atom stereocenters. The lowest BCUT2D eigenvalue weighted by Crippen LogP contribution is -2.28. The molecule has 0 atom stereocenters. The molecule has 8 nitrogen and oxygen atoms in total. The van der Waals surface area contributed by atoms with E-state index in [4.69, 9.17) is 4.74 Å². The van der Waals surface area contributed by atoms with Gasteiger partial charge in [-0.3, -0.25) is 0 Å². The van der Waals surface area contributed by atoms with Crippen LogP contribution in [0.2, 0.25) is 0 Å². The molecule has 0 aliphatic rings. The molecule has 0 amide bonds. The Morgan fingerprint density at radius 1 is 0.773 bits per heavy atom. The molecule has 0 aliphatic heterocycles. The smallest absolute Gasteiger partial charge is 0.355 e. The van der Waals surface area contributed by atoms with Crippen molar-refractivity contribution in [2.75, 3.05) is 49.5 Å². The van der Waals surface area contributed by atoms with Crippen molar-refractivity contribution in [3.63, 3.8) is 0 Å². The molecule has 0 aromatic heterocycles. The molecule has 0 saturated carbocycles. The Labute approximate surface area is 129 Å². The minimum atomic E-state index is -0.854. The van der Waals surface area contributed by atoms with E-state index >= 15 is 0 Å². The van der Waals surface area contributed by atoms with E-state index in [2.05, 4.69) is 9.47 Å². The lowest BCUT2D eigenvalue weighted by Gasteiger charge is -2.20. The number of hydrogen-bond acceptors (Lipinski definition) is 8. The fraction of sp³-hybridized carbons (Fsp3) is 0.500. The van der Waals surface area contributed by atoms with Gasteiger partial charge in [-0.25, -0.2) is 14.4 Å². The summed E-state index contributed by atoms with van der Waals surface area (Å²) in [5.74, 6) is -2.41. The van der Waals surface area contributed by atoms with Gasteiger partial charge in [0.15, 0.2) is 0 Å². The van der Waals surface area contributed by atoms with Crippen molar-refractivity contribution in [1.29, 1.82) is 0 Å². The third kappa shape index (κ3) is 4.80. The summed E-state index contributed by atoms with van der Waals surface area (Å²) in [5.41, 5.74) is -0.471. The topological polar surface area (TPSA) is 85.4 Å². The van der Waals surface area contributed by atoms with Crippen LogP contribution in [-0.2, 0) is 28.6 Å². The third-order valence-electron chi connectivity index (χ3n) is 2.51. The Balaban J connectivity index is 6.57. The Bertz CT molecular complexity index is 505. The maximum absolute atomic E-state index is 12.1. The van der Waals surface area contributed by atoms with Crippen LogP contribution in [0.15, 0.2) is 23.0 Å². The first-order chi connectivity index (χ1) is 10.2. The van der Waals surface area contributed by atoms with Crippen molar-refractivity contribution in [3.8, 4) is 0 Å². The van der Waals surface area contributed by atoms with Crippen LogP contribution in [0.1, 0.15) is 0 Å². The second-order valence-electron chi connectivity index (χ2n) is 4.60. The van der Waals surface area contributed by atoms with E-state index in [1.807, 2.05) is 0 Å². The normalized spacial score (nSPS) is 12.0. The molecule has 0 fully saturated rings. The summed E-state index contributed by atoms with van der Waals surface area (Å²) in [7, 11) is 9.90. The fourth-order valence-electron chi connectivity index (χ4n) is 1.63. The molecule has 0 aromatic rings. The predicted octanol–water partition coefficient (Wildman–Crippen LogP) is -0.233. The van der Waals surface area contributed by atoms with Crippen LogP contribution >= 0.6 is 0 Å². The number of likely N-dealkylation sites (N-methyl/N-ethyl adjacent to an activating group) is 1. The maximum Gasteiger partial charge on any atom is 0.355 e. The van der Waals surface area contributed by atoms with Crippen molar-refractivity contribution in [2.24, 2.45) is 0 Å². The molecule has 124 valence electrons. The number of esters is 3. The first-order valence-corrected chi connectivity index (χ1v) is 6.26. The molecule has 0 radical (unpaired) electrons. The fourth-order valence-corrected chi connectivity index (χ4v) is 1.63. The van der Waals surface area contributed by atoms with E-state index in [0.29, 0.717) is 0 Å². The summed E-state index contributed by atoms with van der Waals surface area (Å²) in [6.45, 7) is 0. The van der Waals surface area contributed by atoms with Crippen molar-refractivity contribution in [3.05, 3.63) is 23.0 Å². The minimum absolute atomic E-state index is 0.117. The molecular weight excluding hydrogens is 292 g/mol. The van der Waals surface area contributed by atoms with Gasteiger partial charge in [-0.15, -0.1) is 0 Å². The monoisotopic (exact) mass is 314 g/mol. The number of carbonyl (C=O) groups is 3. The molecule has 0 saturated heterocycles. The molecule has 0 heterocycles. The summed E-state index contributed by atoms with van der Waals surface area (Å²) in [4.78, 5) is 39.1. The van der Waals surface area contributed by atoms with Gasteiger partial charge in [0.2, 0.25) is 0 Å². The Kier molecular flexibility index (Phi) is 7.71. The van der Waals surface area contributed by atoms with Crippen LogP contribution in [0.25, 0.3) is 0 Å². The highest BCUT2D eigenvalue weighted by Crippen LogP contribution is 2.21. The molecule has 0 N–H and O–H groups in total. The van der Waals surface area contributed by atoms with Gasteiger partial charge < -0.3 is 24.0 Å². The van der Waals surface area contributed by atoms with Crippen LogP contribution < -0.4 is 0 Å². The highest BCUT2D eigenvalue weighted by atomic mass is 16.5. The molecule has 0 aromatic carbocycles. The summed E-state index contributed by atoms with van der Waals surface area (Å²) in [6, 6.07) is 0. The standard InChI is InChI=1S/C14H22N2O6/c1-15(2)8-9(12(17)20-5)10(13(18)21-6)11(16(3)4)14(19)22-7/h8H,1-7H3/b9-8+,11-10+. The van der Waals surface area contributed by atoms with Crippen molar-refractivity contribution < 1.29 is 28.6 Å². The van der Waals surface area contributed by atoms with Crippen LogP contribution in [0, 0.1) is 0 Å². The largest absolute Gasteiger partial charge is 0.465 e. The number of methoxy groups -OCH3 is 3. The first-order valence-electron chi connectivity index (χ1n) is 6.26. The van der Waals surface area contributed by atoms with E-state index in [9.17, 15) is 14.4 Å². The summed E-state index contributed by atoms with van der Waals surface area (Å²) < 4.78 is 14.1. The molecular formula is C14H22N2O6. The van der Waals surface area contributed by atoms with E-state index in [1.165, 1.54) is 25.3 Å². The lowest BCUT2D eigenvalue weighted by atomic mass is 10.0. The quantitative estimate of drug-likeness (QED) is 0.288. The van der Waals surface area contributed by atoms with Gasteiger partial charge >= 0.3 is 17.9 Å². The molecule has 0 bridgehead atoms. The number of carbonyl (C=O) groups excluding carboxylic acids is 3. The zero-order valence-electron chi connectivity index (χ0n) is 13.9. The number of ether oxygens (including phenoxy) is 3. The van der Waals surface area contributed by atoms with Gasteiger partial charge in [0.25, 0.3) is 0 Å². The van der Waals surface area contributed by atoms with E-state index in [1.54, 1.807) is 33.1 Å². The van der Waals surface area contributed by atoms with E-state index < -0.39 is 17.9 Å². The molecule has 0 aliphatic carbocycles. The Morgan fingerprint density at radius 2 is 1.23 bits per heavy atom. The van der Waals surface area contributed by atoms with Gasteiger partial charge in [0, 0.05) is 34.4 Å². The van der Waals surface area contributed by atoms with Crippen LogP contribution in [0.4, 0.5) is 0 Å². The second-order valence-corrected chi connectivity index (χ2v) is 4.60. The number of hydrogen-bond donors (Lipinski definition) is 0. The minimum Gasteiger partial charge on any atom is -0.465 e. The summed E-state index contributed by atoms with van der Waals surface area (Å²) in [6.07, 6.45) is 1.37. The summed E-state index contributed by atoms with van der Waals surface area (Å²) in [5, 5.41) is 0. The Hall–Kier alpha value is -2.51. The van der Waals surface area contributed by atoms with Crippen LogP contribution in [0.3, 0.4) is 0 Å². The van der Waals surface area contributed by atoms with Crippen molar-refractivity contribution in [2.45, 2.75) is 0 Å². The third-order valence-corrected chi connectivity index (χ3v) is 2.51. The predicted molar refractivity (Wildman–Crippen MR) is 78.5 cm³/mol. The molecule has 0 spiro atoms. The highest BCUT2D eigenvalue weighted by Gasteiger charge is 2.31. The SMILES string of the molecule is COC(=O)C(=C/N(C)C)/C(C(=O)OC)=C(/C(=O)OC)N(C)C.